The average Bonchev–Trinajstić information content (AvgIpc) is 2.65. The Morgan fingerprint density at radius 2 is 1.96 bits per heavy atom. The Labute approximate surface area is 148 Å². The molecular formula is C20H24N2O3. The lowest BCUT2D eigenvalue weighted by atomic mass is 9.84. The van der Waals surface area contributed by atoms with Crippen LogP contribution >= 0.6 is 0 Å². The van der Waals surface area contributed by atoms with Crippen LogP contribution in [0.15, 0.2) is 48.8 Å². The van der Waals surface area contributed by atoms with Crippen molar-refractivity contribution in [2.75, 3.05) is 20.8 Å². The van der Waals surface area contributed by atoms with Crippen LogP contribution in [0.25, 0.3) is 6.08 Å². The van der Waals surface area contributed by atoms with Gasteiger partial charge in [0.05, 0.1) is 14.2 Å². The SMILES string of the molecule is COc1ccc(C(C)(C)CNC(=O)/C=C/c2cccnc2)cc1OC. The molecule has 0 saturated heterocycles. The fourth-order valence-electron chi connectivity index (χ4n) is 2.37. The monoisotopic (exact) mass is 340 g/mol. The van der Waals surface area contributed by atoms with Gasteiger partial charge in [-0.15, -0.1) is 0 Å². The molecule has 0 saturated carbocycles. The van der Waals surface area contributed by atoms with Gasteiger partial charge in [-0.05, 0) is 35.4 Å². The molecule has 0 unspecified atom stereocenters. The number of benzene rings is 1. The molecule has 0 atom stereocenters. The molecule has 0 aliphatic rings. The molecular weight excluding hydrogens is 316 g/mol. The second kappa shape index (κ2) is 8.33. The van der Waals surface area contributed by atoms with Crippen LogP contribution < -0.4 is 14.8 Å². The Hall–Kier alpha value is -2.82. The zero-order valence-electron chi connectivity index (χ0n) is 15.1. The van der Waals surface area contributed by atoms with Gasteiger partial charge in [0, 0.05) is 30.4 Å². The molecule has 0 aliphatic carbocycles. The van der Waals surface area contributed by atoms with E-state index in [1.165, 1.54) is 6.08 Å². The van der Waals surface area contributed by atoms with E-state index in [1.807, 2.05) is 30.3 Å². The highest BCUT2D eigenvalue weighted by molar-refractivity contribution is 5.91. The quantitative estimate of drug-likeness (QED) is 0.786. The summed E-state index contributed by atoms with van der Waals surface area (Å²) in [5.74, 6) is 1.22. The topological polar surface area (TPSA) is 60.5 Å². The number of ether oxygens (including phenoxy) is 2. The molecule has 0 aliphatic heterocycles. The summed E-state index contributed by atoms with van der Waals surface area (Å²) in [5, 5.41) is 2.94. The van der Waals surface area contributed by atoms with Crippen molar-refractivity contribution >= 4 is 12.0 Å². The Bertz CT molecular complexity index is 740. The number of rotatable bonds is 7. The average molecular weight is 340 g/mol. The molecule has 25 heavy (non-hydrogen) atoms. The smallest absolute Gasteiger partial charge is 0.244 e. The number of hydrogen-bond donors (Lipinski definition) is 1. The lowest BCUT2D eigenvalue weighted by Gasteiger charge is -2.26. The highest BCUT2D eigenvalue weighted by Gasteiger charge is 2.22. The maximum Gasteiger partial charge on any atom is 0.244 e. The van der Waals surface area contributed by atoms with E-state index in [4.69, 9.17) is 9.47 Å². The number of pyridine rings is 1. The summed E-state index contributed by atoms with van der Waals surface area (Å²) in [6, 6.07) is 9.53. The summed E-state index contributed by atoms with van der Waals surface area (Å²) in [5.41, 5.74) is 1.69. The van der Waals surface area contributed by atoms with Gasteiger partial charge >= 0.3 is 0 Å². The molecule has 132 valence electrons. The molecule has 0 fully saturated rings. The second-order valence-electron chi connectivity index (χ2n) is 6.29. The molecule has 1 N–H and O–H groups in total. The normalized spacial score (nSPS) is 11.4. The molecule has 1 aromatic heterocycles. The zero-order chi connectivity index (χ0) is 18.3. The largest absolute Gasteiger partial charge is 0.493 e. The molecule has 2 aromatic rings. The minimum absolute atomic E-state index is 0.141. The molecule has 0 radical (unpaired) electrons. The van der Waals surface area contributed by atoms with Gasteiger partial charge < -0.3 is 14.8 Å². The predicted molar refractivity (Wildman–Crippen MR) is 98.9 cm³/mol. The Morgan fingerprint density at radius 3 is 2.60 bits per heavy atom. The van der Waals surface area contributed by atoms with Gasteiger partial charge in [-0.3, -0.25) is 9.78 Å². The molecule has 0 bridgehead atoms. The van der Waals surface area contributed by atoms with Gasteiger partial charge in [0.25, 0.3) is 0 Å². The number of aromatic nitrogens is 1. The van der Waals surface area contributed by atoms with Gasteiger partial charge in [0.15, 0.2) is 11.5 Å². The molecule has 5 heteroatoms. The van der Waals surface area contributed by atoms with Gasteiger partial charge in [-0.2, -0.15) is 0 Å². The third-order valence-corrected chi connectivity index (χ3v) is 3.98. The number of amides is 1. The fourth-order valence-corrected chi connectivity index (χ4v) is 2.37. The van der Waals surface area contributed by atoms with Crippen LogP contribution in [0, 0.1) is 0 Å². The number of nitrogens with zero attached hydrogens (tertiary/aromatic N) is 1. The van der Waals surface area contributed by atoms with Crippen LogP contribution in [0.3, 0.4) is 0 Å². The van der Waals surface area contributed by atoms with Crippen LogP contribution in [-0.2, 0) is 10.2 Å². The van der Waals surface area contributed by atoms with Crippen LogP contribution in [0.1, 0.15) is 25.0 Å². The van der Waals surface area contributed by atoms with Crippen molar-refractivity contribution in [3.05, 3.63) is 59.9 Å². The molecule has 1 heterocycles. The Kier molecular flexibility index (Phi) is 6.17. The second-order valence-corrected chi connectivity index (χ2v) is 6.29. The van der Waals surface area contributed by atoms with E-state index < -0.39 is 0 Å². The Balaban J connectivity index is 2.01. The molecule has 1 aromatic carbocycles. The van der Waals surface area contributed by atoms with Gasteiger partial charge in [0.2, 0.25) is 5.91 Å². The minimum Gasteiger partial charge on any atom is -0.493 e. The summed E-state index contributed by atoms with van der Waals surface area (Å²) in [6.07, 6.45) is 6.66. The highest BCUT2D eigenvalue weighted by atomic mass is 16.5. The molecule has 0 spiro atoms. The zero-order valence-corrected chi connectivity index (χ0v) is 15.1. The number of carbonyl (C=O) groups excluding carboxylic acids is 1. The first-order valence-corrected chi connectivity index (χ1v) is 8.05. The highest BCUT2D eigenvalue weighted by Crippen LogP contribution is 2.32. The van der Waals surface area contributed by atoms with Gasteiger partial charge in [0.1, 0.15) is 0 Å². The summed E-state index contributed by atoms with van der Waals surface area (Å²) in [7, 11) is 3.22. The molecule has 5 nitrogen and oxygen atoms in total. The summed E-state index contributed by atoms with van der Waals surface area (Å²) in [6.45, 7) is 4.64. The summed E-state index contributed by atoms with van der Waals surface area (Å²) < 4.78 is 10.6. The van der Waals surface area contributed by atoms with E-state index in [2.05, 4.69) is 24.1 Å². The van der Waals surface area contributed by atoms with Crippen molar-refractivity contribution in [1.29, 1.82) is 0 Å². The molecule has 2 rings (SSSR count). The van der Waals surface area contributed by atoms with E-state index in [9.17, 15) is 4.79 Å². The first kappa shape index (κ1) is 18.5. The van der Waals surface area contributed by atoms with Crippen LogP contribution in [0.2, 0.25) is 0 Å². The van der Waals surface area contributed by atoms with E-state index in [-0.39, 0.29) is 11.3 Å². The van der Waals surface area contributed by atoms with Crippen molar-refractivity contribution in [1.82, 2.24) is 10.3 Å². The van der Waals surface area contributed by atoms with Crippen molar-refractivity contribution in [3.8, 4) is 11.5 Å². The number of nitrogens with one attached hydrogen (secondary N) is 1. The fraction of sp³-hybridized carbons (Fsp3) is 0.300. The van der Waals surface area contributed by atoms with Crippen molar-refractivity contribution in [3.63, 3.8) is 0 Å². The first-order chi connectivity index (χ1) is 12.0. The standard InChI is InChI=1S/C20H24N2O3/c1-20(2,16-8-9-17(24-3)18(12-16)25-4)14-22-19(23)10-7-15-6-5-11-21-13-15/h5-13H,14H2,1-4H3,(H,22,23)/b10-7+. The maximum absolute atomic E-state index is 12.1. The Morgan fingerprint density at radius 1 is 1.20 bits per heavy atom. The first-order valence-electron chi connectivity index (χ1n) is 8.05. The number of methoxy groups -OCH3 is 2. The lowest BCUT2D eigenvalue weighted by molar-refractivity contribution is -0.116. The maximum atomic E-state index is 12.1. The third-order valence-electron chi connectivity index (χ3n) is 3.98. The van der Waals surface area contributed by atoms with Crippen LogP contribution in [0.4, 0.5) is 0 Å². The van der Waals surface area contributed by atoms with Gasteiger partial charge in [-0.25, -0.2) is 0 Å². The van der Waals surface area contributed by atoms with Crippen LogP contribution in [-0.4, -0.2) is 31.7 Å². The van der Waals surface area contributed by atoms with E-state index in [0.717, 1.165) is 11.1 Å². The number of hydrogen-bond acceptors (Lipinski definition) is 4. The van der Waals surface area contributed by atoms with Gasteiger partial charge in [-0.1, -0.05) is 26.0 Å². The van der Waals surface area contributed by atoms with E-state index in [0.29, 0.717) is 18.0 Å². The number of carbonyl (C=O) groups is 1. The predicted octanol–water partition coefficient (Wildman–Crippen LogP) is 3.21. The summed E-state index contributed by atoms with van der Waals surface area (Å²) in [4.78, 5) is 16.1. The van der Waals surface area contributed by atoms with Crippen molar-refractivity contribution < 1.29 is 14.3 Å². The molecule has 1 amide bonds. The van der Waals surface area contributed by atoms with Crippen molar-refractivity contribution in [2.24, 2.45) is 0 Å². The van der Waals surface area contributed by atoms with Crippen molar-refractivity contribution in [2.45, 2.75) is 19.3 Å². The van der Waals surface area contributed by atoms with E-state index >= 15 is 0 Å². The third kappa shape index (κ3) is 5.08. The van der Waals surface area contributed by atoms with E-state index in [1.54, 1.807) is 32.7 Å². The minimum atomic E-state index is -0.253. The summed E-state index contributed by atoms with van der Waals surface area (Å²) >= 11 is 0. The lowest BCUT2D eigenvalue weighted by Crippen LogP contribution is -2.35. The van der Waals surface area contributed by atoms with Crippen LogP contribution in [0.5, 0.6) is 11.5 Å².